The van der Waals surface area contributed by atoms with Crippen molar-refractivity contribution in [1.82, 2.24) is 0 Å². The van der Waals surface area contributed by atoms with Gasteiger partial charge in [-0.2, -0.15) is 0 Å². The molecule has 0 radical (unpaired) electrons. The molecule has 2 heterocycles. The maximum absolute atomic E-state index is 7.06. The van der Waals surface area contributed by atoms with Gasteiger partial charge in [0.1, 0.15) is 11.2 Å². The van der Waals surface area contributed by atoms with E-state index in [-0.39, 0.29) is 4.66 Å². The van der Waals surface area contributed by atoms with Gasteiger partial charge in [0.2, 0.25) is 0 Å². The Labute approximate surface area is 465 Å². The van der Waals surface area contributed by atoms with Crippen LogP contribution >= 0.6 is 0 Å². The fourth-order valence-electron chi connectivity index (χ4n) is 14.7. The number of hydrogen-bond donors (Lipinski definition) is 0. The third kappa shape index (κ3) is 7.16. The van der Waals surface area contributed by atoms with Crippen molar-refractivity contribution in [2.24, 2.45) is 0 Å². The topological polar surface area (TPSA) is 32.8 Å². The van der Waals surface area contributed by atoms with Crippen LogP contribution in [0.3, 0.4) is 0 Å². The molecule has 2 aromatic heterocycles. The van der Waals surface area contributed by atoms with Gasteiger partial charge in [0, 0.05) is 49.0 Å². The molecule has 0 saturated carbocycles. The number of benzene rings is 11. The first-order valence-electron chi connectivity index (χ1n) is 28.3. The average molecular weight is 1060 g/mol. The normalized spacial score (nSPS) is 13.5. The van der Waals surface area contributed by atoms with Crippen molar-refractivity contribution in [3.05, 3.63) is 229 Å². The lowest BCUT2D eigenvalue weighted by atomic mass is 9.91. The summed E-state index contributed by atoms with van der Waals surface area (Å²) in [5.74, 6) is 0.658. The number of fused-ring (bicyclic) bond motifs is 16. The predicted molar refractivity (Wildman–Crippen MR) is 344 cm³/mol. The third-order valence-corrected chi connectivity index (χ3v) is 27.6. The van der Waals surface area contributed by atoms with Crippen LogP contribution in [0.4, 0.5) is 34.1 Å². The maximum atomic E-state index is 7.06. The van der Waals surface area contributed by atoms with Crippen molar-refractivity contribution >= 4 is 126 Å². The number of hydrogen-bond acceptors (Lipinski definition) is 4. The van der Waals surface area contributed by atoms with Gasteiger partial charge in [-0.05, 0) is 138 Å². The van der Waals surface area contributed by atoms with Gasteiger partial charge in [-0.3, -0.25) is 0 Å². The molecule has 0 saturated heterocycles. The van der Waals surface area contributed by atoms with Crippen molar-refractivity contribution in [3.63, 3.8) is 0 Å². The molecule has 388 valence electrons. The third-order valence-electron chi connectivity index (χ3n) is 17.6. The smallest absolute Gasteiger partial charge is 0.159 e. The van der Waals surface area contributed by atoms with Gasteiger partial charge in [0.25, 0.3) is 0 Å². The van der Waals surface area contributed by atoms with E-state index in [1.165, 1.54) is 65.7 Å². The molecular formula is C73H66N2O2Si2. The molecular weight excluding hydrogens is 993 g/mol. The molecule has 0 aliphatic heterocycles. The van der Waals surface area contributed by atoms with Crippen molar-refractivity contribution in [2.75, 3.05) is 9.80 Å². The van der Waals surface area contributed by atoms with Crippen LogP contribution in [0.5, 0.6) is 0 Å². The second-order valence-corrected chi connectivity index (χ2v) is 35.8. The Hall–Kier alpha value is -8.17. The van der Waals surface area contributed by atoms with E-state index in [1.807, 2.05) is 0 Å². The number of furan rings is 2. The molecule has 13 aromatic rings. The van der Waals surface area contributed by atoms with E-state index in [0.717, 1.165) is 78.0 Å². The molecule has 11 aromatic carbocycles. The predicted octanol–water partition coefficient (Wildman–Crippen LogP) is 22.2. The molecule has 4 nitrogen and oxygen atoms in total. The summed E-state index contributed by atoms with van der Waals surface area (Å²) < 4.78 is 13.9. The Morgan fingerprint density at radius 3 is 1.29 bits per heavy atom. The summed E-state index contributed by atoms with van der Waals surface area (Å²) in [4.78, 5) is 4.82. The van der Waals surface area contributed by atoms with E-state index in [2.05, 4.69) is 283 Å². The number of nitrogens with zero attached hydrogens (tertiary/aromatic N) is 2. The van der Waals surface area contributed by atoms with Crippen LogP contribution in [0, 0.1) is 0 Å². The van der Waals surface area contributed by atoms with E-state index >= 15 is 0 Å². The van der Waals surface area contributed by atoms with Gasteiger partial charge >= 0.3 is 0 Å². The number of anilines is 6. The monoisotopic (exact) mass is 1060 g/mol. The molecule has 14 rings (SSSR count). The maximum Gasteiger partial charge on any atom is 0.159 e. The minimum atomic E-state index is -2.22. The van der Waals surface area contributed by atoms with Crippen LogP contribution < -0.4 is 9.80 Å². The quantitative estimate of drug-likeness (QED) is 0.101. The summed E-state index contributed by atoms with van der Waals surface area (Å²) in [5.41, 5.74) is 18.5. The molecule has 0 unspecified atom stereocenters. The summed E-state index contributed by atoms with van der Waals surface area (Å²) in [6.45, 7) is 24.9. The standard InChI is InChI=1S/C73H66N2O2Si2/c1-45(2)52-29-19-31-58-60-33-21-35-64(71(60)76-69(52)58)74(48-23-13-11-14-24-48)50-38-41-54-47(43-50)37-40-62-66-56-28-18-17-27-55(56)63-44-51(39-42-57(63)68(66)73(67(54)62,78(5,6)7)79(8,9)10)75(49-25-15-12-16-26-49)65-36-22-34-61-59-32-20-30-53(46(3)4)70(59)77-72(61)65/h11-46H,1-10H3. The lowest BCUT2D eigenvalue weighted by molar-refractivity contribution is 0.657. The van der Waals surface area contributed by atoms with Gasteiger partial charge < -0.3 is 18.6 Å². The SMILES string of the molecule is CC(C)c1cccc2c1oc1c(N(c3ccccc3)c3ccc4c5c(ccc4c3)-c3c(c4ccc(N(c6ccccc6)c6cccc7c6oc6c(C(C)C)cccc67)cc4c4ccccc34)C5([Si](C)(C)C)[Si](C)(C)C)cccc12. The second-order valence-electron chi connectivity index (χ2n) is 24.8. The molecule has 0 amide bonds. The first kappa shape index (κ1) is 49.2. The Morgan fingerprint density at radius 1 is 0.342 bits per heavy atom. The van der Waals surface area contributed by atoms with Crippen LogP contribution in [0.1, 0.15) is 61.8 Å². The summed E-state index contributed by atoms with van der Waals surface area (Å²) >= 11 is 0. The number of para-hydroxylation sites is 6. The highest BCUT2D eigenvalue weighted by molar-refractivity contribution is 7.00. The summed E-state index contributed by atoms with van der Waals surface area (Å²) in [5, 5.41) is 12.4. The van der Waals surface area contributed by atoms with Crippen molar-refractivity contribution in [2.45, 2.75) is 83.5 Å². The molecule has 6 heteroatoms. The van der Waals surface area contributed by atoms with Crippen LogP contribution in [0.2, 0.25) is 39.3 Å². The second kappa shape index (κ2) is 17.9. The average Bonchev–Trinajstić information content (AvgIpc) is 3.97. The van der Waals surface area contributed by atoms with Crippen molar-refractivity contribution in [1.29, 1.82) is 0 Å². The van der Waals surface area contributed by atoms with Crippen molar-refractivity contribution in [3.8, 4) is 11.1 Å². The Bertz CT molecular complexity index is 4580. The molecule has 1 aliphatic rings. The van der Waals surface area contributed by atoms with Gasteiger partial charge in [0.15, 0.2) is 11.2 Å². The van der Waals surface area contributed by atoms with E-state index in [9.17, 15) is 0 Å². The Balaban J connectivity index is 1.00. The minimum absolute atomic E-state index is 0.171. The molecule has 0 fully saturated rings. The zero-order valence-corrected chi connectivity index (χ0v) is 49.0. The number of rotatable bonds is 10. The van der Waals surface area contributed by atoms with E-state index in [4.69, 9.17) is 8.83 Å². The minimum Gasteiger partial charge on any atom is -0.454 e. The molecule has 79 heavy (non-hydrogen) atoms. The Morgan fingerprint density at radius 2 is 0.785 bits per heavy atom. The molecule has 0 atom stereocenters. The Kier molecular flexibility index (Phi) is 11.2. The molecule has 0 bridgehead atoms. The summed E-state index contributed by atoms with van der Waals surface area (Å²) in [6, 6.07) is 76.9. The summed E-state index contributed by atoms with van der Waals surface area (Å²) in [7, 11) is -4.44. The zero-order chi connectivity index (χ0) is 54.3. The fraction of sp³-hybridized carbons (Fsp3) is 0.178. The largest absolute Gasteiger partial charge is 0.454 e. The highest BCUT2D eigenvalue weighted by Gasteiger charge is 2.60. The van der Waals surface area contributed by atoms with Gasteiger partial charge in [-0.25, -0.2) is 0 Å². The first-order chi connectivity index (χ1) is 38.2. The van der Waals surface area contributed by atoms with Gasteiger partial charge in [-0.1, -0.05) is 213 Å². The van der Waals surface area contributed by atoms with Gasteiger partial charge in [0.05, 0.1) is 27.5 Å². The molecule has 0 N–H and O–H groups in total. The van der Waals surface area contributed by atoms with E-state index < -0.39 is 16.1 Å². The highest BCUT2D eigenvalue weighted by atomic mass is 28.4. The van der Waals surface area contributed by atoms with Crippen LogP contribution in [0.25, 0.3) is 87.3 Å². The van der Waals surface area contributed by atoms with Crippen LogP contribution in [0.15, 0.2) is 215 Å². The zero-order valence-electron chi connectivity index (χ0n) is 47.0. The summed E-state index contributed by atoms with van der Waals surface area (Å²) in [6.07, 6.45) is 0. The first-order valence-corrected chi connectivity index (χ1v) is 35.3. The molecule has 1 aliphatic carbocycles. The van der Waals surface area contributed by atoms with Crippen LogP contribution in [-0.4, -0.2) is 16.1 Å². The van der Waals surface area contributed by atoms with E-state index in [1.54, 1.807) is 0 Å². The van der Waals surface area contributed by atoms with Gasteiger partial charge in [-0.15, -0.1) is 0 Å². The van der Waals surface area contributed by atoms with E-state index in [0.29, 0.717) is 11.8 Å². The fourth-order valence-corrected chi connectivity index (χ4v) is 27.8. The molecule has 0 spiro atoms. The van der Waals surface area contributed by atoms with Crippen molar-refractivity contribution < 1.29 is 8.83 Å². The lowest BCUT2D eigenvalue weighted by Gasteiger charge is -2.52. The van der Waals surface area contributed by atoms with Crippen LogP contribution in [-0.2, 0) is 4.66 Å². The lowest BCUT2D eigenvalue weighted by Crippen LogP contribution is -2.63. The highest BCUT2D eigenvalue weighted by Crippen LogP contribution is 2.63.